The van der Waals surface area contributed by atoms with E-state index in [9.17, 15) is 0 Å². The summed E-state index contributed by atoms with van der Waals surface area (Å²) in [6.45, 7) is 6.59. The monoisotopic (exact) mass is 345 g/mol. The molecule has 1 aromatic heterocycles. The molecule has 3 nitrogen and oxygen atoms in total. The molecule has 3 rings (SSSR count). The molecular weight excluding hydrogens is 326 g/mol. The molecule has 1 aliphatic rings. The Morgan fingerprint density at radius 1 is 1.33 bits per heavy atom. The van der Waals surface area contributed by atoms with Crippen LogP contribution in [0.15, 0.2) is 28.9 Å². The van der Waals surface area contributed by atoms with E-state index in [-0.39, 0.29) is 11.5 Å². The first-order chi connectivity index (χ1) is 9.85. The van der Waals surface area contributed by atoms with Crippen LogP contribution in [0.4, 0.5) is 0 Å². The summed E-state index contributed by atoms with van der Waals surface area (Å²) in [4.78, 5) is 9.36. The molecule has 1 aromatic carbocycles. The number of hydrogen-bond donors (Lipinski definition) is 1. The van der Waals surface area contributed by atoms with E-state index < -0.39 is 0 Å². The van der Waals surface area contributed by atoms with E-state index in [4.69, 9.17) is 10.7 Å². The zero-order valence-corrected chi connectivity index (χ0v) is 14.2. The van der Waals surface area contributed by atoms with Gasteiger partial charge < -0.3 is 5.73 Å². The van der Waals surface area contributed by atoms with E-state index in [0.717, 1.165) is 40.0 Å². The van der Waals surface area contributed by atoms with E-state index in [1.807, 2.05) is 12.3 Å². The zero-order chi connectivity index (χ0) is 15.2. The lowest BCUT2D eigenvalue weighted by Gasteiger charge is -2.34. The fourth-order valence-electron chi connectivity index (χ4n) is 3.12. The van der Waals surface area contributed by atoms with Crippen molar-refractivity contribution >= 4 is 15.9 Å². The van der Waals surface area contributed by atoms with Crippen molar-refractivity contribution in [2.45, 2.75) is 39.7 Å². The van der Waals surface area contributed by atoms with Crippen molar-refractivity contribution < 1.29 is 0 Å². The molecule has 0 saturated heterocycles. The number of nitrogens with zero attached hydrogens (tertiary/aromatic N) is 2. The van der Waals surface area contributed by atoms with Crippen LogP contribution in [-0.4, -0.2) is 9.97 Å². The average Bonchev–Trinajstić information content (AvgIpc) is 2.36. The molecule has 2 aromatic rings. The first-order valence-electron chi connectivity index (χ1n) is 7.24. The van der Waals surface area contributed by atoms with E-state index in [2.05, 4.69) is 53.8 Å². The number of nitrogens with two attached hydrogens (primary N) is 1. The maximum atomic E-state index is 6.27. The minimum absolute atomic E-state index is 0.0452. The van der Waals surface area contributed by atoms with Crippen LogP contribution in [0.3, 0.4) is 0 Å². The molecule has 1 unspecified atom stereocenters. The Kier molecular flexibility index (Phi) is 3.62. The first-order valence-corrected chi connectivity index (χ1v) is 8.03. The summed E-state index contributed by atoms with van der Waals surface area (Å²) >= 11 is 3.49. The van der Waals surface area contributed by atoms with Crippen LogP contribution < -0.4 is 5.73 Å². The molecule has 0 aliphatic heterocycles. The van der Waals surface area contributed by atoms with Crippen LogP contribution >= 0.6 is 15.9 Å². The van der Waals surface area contributed by atoms with Gasteiger partial charge in [0.2, 0.25) is 0 Å². The highest BCUT2D eigenvalue weighted by atomic mass is 79.9. The number of halogens is 1. The molecule has 0 saturated carbocycles. The number of aromatic nitrogens is 2. The minimum atomic E-state index is 0.0452. The fraction of sp³-hybridized carbons (Fsp3) is 0.412. The number of hydrogen-bond acceptors (Lipinski definition) is 3. The van der Waals surface area contributed by atoms with Crippen molar-refractivity contribution in [2.75, 3.05) is 0 Å². The summed E-state index contributed by atoms with van der Waals surface area (Å²) in [6, 6.07) is 6.23. The molecule has 1 atom stereocenters. The molecule has 110 valence electrons. The van der Waals surface area contributed by atoms with Gasteiger partial charge in [0.1, 0.15) is 0 Å². The number of benzene rings is 1. The normalized spacial score (nSPS) is 20.1. The highest BCUT2D eigenvalue weighted by molar-refractivity contribution is 9.10. The largest absolute Gasteiger partial charge is 0.324 e. The third-order valence-corrected chi connectivity index (χ3v) is 4.64. The summed E-state index contributed by atoms with van der Waals surface area (Å²) in [5.74, 6) is 0.795. The zero-order valence-electron chi connectivity index (χ0n) is 12.7. The Balaban J connectivity index is 2.07. The van der Waals surface area contributed by atoms with Crippen molar-refractivity contribution in [1.29, 1.82) is 0 Å². The summed E-state index contributed by atoms with van der Waals surface area (Å²) in [6.07, 6.45) is 3.86. The lowest BCUT2D eigenvalue weighted by Crippen LogP contribution is -2.30. The van der Waals surface area contributed by atoms with Crippen LogP contribution in [0.5, 0.6) is 0 Å². The van der Waals surface area contributed by atoms with E-state index in [1.165, 1.54) is 5.56 Å². The van der Waals surface area contributed by atoms with Gasteiger partial charge in [-0.2, -0.15) is 0 Å². The quantitative estimate of drug-likeness (QED) is 0.842. The third-order valence-electron chi connectivity index (χ3n) is 4.15. The maximum Gasteiger partial charge on any atom is 0.159 e. The van der Waals surface area contributed by atoms with Crippen LogP contribution in [0.25, 0.3) is 11.4 Å². The topological polar surface area (TPSA) is 51.8 Å². The highest BCUT2D eigenvalue weighted by Crippen LogP contribution is 2.39. The molecule has 21 heavy (non-hydrogen) atoms. The van der Waals surface area contributed by atoms with Gasteiger partial charge in [-0.1, -0.05) is 29.8 Å². The van der Waals surface area contributed by atoms with Gasteiger partial charge in [-0.15, -0.1) is 0 Å². The predicted molar refractivity (Wildman–Crippen MR) is 88.9 cm³/mol. The molecular formula is C17H20BrN3. The van der Waals surface area contributed by atoms with E-state index >= 15 is 0 Å². The molecule has 1 aliphatic carbocycles. The smallest absolute Gasteiger partial charge is 0.159 e. The average molecular weight is 346 g/mol. The van der Waals surface area contributed by atoms with Crippen LogP contribution in [-0.2, 0) is 6.42 Å². The molecule has 0 bridgehead atoms. The fourth-order valence-corrected chi connectivity index (χ4v) is 3.59. The second kappa shape index (κ2) is 5.18. The maximum absolute atomic E-state index is 6.27. The molecule has 0 spiro atoms. The summed E-state index contributed by atoms with van der Waals surface area (Å²) in [5.41, 5.74) is 10.9. The molecule has 0 amide bonds. The summed E-state index contributed by atoms with van der Waals surface area (Å²) in [5, 5.41) is 0. The Morgan fingerprint density at radius 3 is 2.81 bits per heavy atom. The Hall–Kier alpha value is -1.26. The van der Waals surface area contributed by atoms with Crippen molar-refractivity contribution in [2.24, 2.45) is 11.1 Å². The van der Waals surface area contributed by atoms with Gasteiger partial charge in [0, 0.05) is 33.5 Å². The molecule has 1 heterocycles. The lowest BCUT2D eigenvalue weighted by atomic mass is 9.74. The van der Waals surface area contributed by atoms with Gasteiger partial charge in [-0.05, 0) is 48.9 Å². The number of fused-ring (bicyclic) bond motifs is 1. The second-order valence-corrected chi connectivity index (χ2v) is 7.62. The van der Waals surface area contributed by atoms with Gasteiger partial charge in [0.15, 0.2) is 5.82 Å². The van der Waals surface area contributed by atoms with Gasteiger partial charge in [0.25, 0.3) is 0 Å². The predicted octanol–water partition coefficient (Wildman–Crippen LogP) is 4.19. The van der Waals surface area contributed by atoms with E-state index in [0.29, 0.717) is 0 Å². The van der Waals surface area contributed by atoms with Crippen LogP contribution in [0, 0.1) is 12.3 Å². The Labute approximate surface area is 134 Å². The van der Waals surface area contributed by atoms with Crippen molar-refractivity contribution in [3.63, 3.8) is 0 Å². The van der Waals surface area contributed by atoms with Crippen LogP contribution in [0.2, 0.25) is 0 Å². The third kappa shape index (κ3) is 2.87. The van der Waals surface area contributed by atoms with Crippen molar-refractivity contribution in [3.8, 4) is 11.4 Å². The standard InChI is InChI=1S/C17H20BrN3/c1-10-6-11(18)4-5-12(10)16-20-9-13-14(19)7-17(2,3)8-15(13)21-16/h4-6,9,14H,7-8,19H2,1-3H3. The van der Waals surface area contributed by atoms with Gasteiger partial charge in [0.05, 0.1) is 0 Å². The van der Waals surface area contributed by atoms with Gasteiger partial charge in [-0.3, -0.25) is 0 Å². The van der Waals surface area contributed by atoms with Gasteiger partial charge in [-0.25, -0.2) is 9.97 Å². The Morgan fingerprint density at radius 2 is 2.10 bits per heavy atom. The Bertz CT molecular complexity index is 694. The molecule has 0 radical (unpaired) electrons. The SMILES string of the molecule is Cc1cc(Br)ccc1-c1ncc2c(n1)CC(C)(C)CC2N. The van der Waals surface area contributed by atoms with Crippen LogP contribution in [0.1, 0.15) is 43.1 Å². The molecule has 4 heteroatoms. The minimum Gasteiger partial charge on any atom is -0.324 e. The second-order valence-electron chi connectivity index (χ2n) is 6.71. The first kappa shape index (κ1) is 14.7. The van der Waals surface area contributed by atoms with Crippen molar-refractivity contribution in [1.82, 2.24) is 9.97 Å². The molecule has 2 N–H and O–H groups in total. The summed E-state index contributed by atoms with van der Waals surface area (Å²) in [7, 11) is 0. The summed E-state index contributed by atoms with van der Waals surface area (Å²) < 4.78 is 1.07. The van der Waals surface area contributed by atoms with E-state index in [1.54, 1.807) is 0 Å². The highest BCUT2D eigenvalue weighted by Gasteiger charge is 2.31. The molecule has 0 fully saturated rings. The van der Waals surface area contributed by atoms with Gasteiger partial charge >= 0.3 is 0 Å². The van der Waals surface area contributed by atoms with Crippen molar-refractivity contribution in [3.05, 3.63) is 45.7 Å². The number of rotatable bonds is 1. The number of aryl methyl sites for hydroxylation is 1. The lowest BCUT2D eigenvalue weighted by molar-refractivity contribution is 0.278.